The van der Waals surface area contributed by atoms with Gasteiger partial charge in [0.15, 0.2) is 16.6 Å². The highest BCUT2D eigenvalue weighted by Gasteiger charge is 2.47. The molecule has 0 N–H and O–H groups in total. The number of hydrogen-bond donors (Lipinski definition) is 0. The number of rotatable bonds is 13. The van der Waals surface area contributed by atoms with Gasteiger partial charge < -0.3 is 13.6 Å². The third-order valence-electron chi connectivity index (χ3n) is 9.68. The molecule has 0 bridgehead atoms. The molecular formula is C34H57NO3Si2. The van der Waals surface area contributed by atoms with E-state index in [-0.39, 0.29) is 16.2 Å². The van der Waals surface area contributed by atoms with E-state index in [2.05, 4.69) is 133 Å². The van der Waals surface area contributed by atoms with Crippen LogP contribution in [0.4, 0.5) is 0 Å². The molecule has 0 spiro atoms. The molecule has 2 aromatic rings. The number of ether oxygens (including phenoxy) is 1. The maximum Gasteiger partial charge on any atom is 0.192 e. The Kier molecular flexibility index (Phi) is 11.5. The molecule has 40 heavy (non-hydrogen) atoms. The Labute approximate surface area is 248 Å². The summed E-state index contributed by atoms with van der Waals surface area (Å²) in [6.07, 6.45) is 2.26. The van der Waals surface area contributed by atoms with Crippen molar-refractivity contribution in [3.05, 3.63) is 71.8 Å². The average molecular weight is 584 g/mol. The van der Waals surface area contributed by atoms with E-state index < -0.39 is 16.6 Å². The van der Waals surface area contributed by atoms with Crippen molar-refractivity contribution in [2.45, 2.75) is 116 Å². The van der Waals surface area contributed by atoms with Gasteiger partial charge in [0.25, 0.3) is 0 Å². The van der Waals surface area contributed by atoms with Gasteiger partial charge >= 0.3 is 0 Å². The first-order valence-electron chi connectivity index (χ1n) is 15.3. The molecule has 0 aromatic heterocycles. The lowest BCUT2D eigenvalue weighted by atomic mass is 9.93. The molecule has 6 heteroatoms. The smallest absolute Gasteiger partial charge is 0.192 e. The second kappa shape index (κ2) is 13.8. The molecule has 1 aliphatic rings. The van der Waals surface area contributed by atoms with Crippen LogP contribution in [0, 0.1) is 5.92 Å². The van der Waals surface area contributed by atoms with Gasteiger partial charge in [-0.15, -0.1) is 0 Å². The maximum atomic E-state index is 7.21. The molecule has 224 valence electrons. The first-order chi connectivity index (χ1) is 18.6. The molecule has 0 aliphatic carbocycles. The minimum absolute atomic E-state index is 0.177. The molecule has 2 aromatic carbocycles. The van der Waals surface area contributed by atoms with E-state index in [1.165, 1.54) is 11.1 Å². The van der Waals surface area contributed by atoms with Crippen molar-refractivity contribution >= 4 is 16.6 Å². The summed E-state index contributed by atoms with van der Waals surface area (Å²) in [5.41, 5.74) is 2.59. The monoisotopic (exact) mass is 583 g/mol. The molecule has 0 unspecified atom stereocenters. The van der Waals surface area contributed by atoms with Crippen LogP contribution >= 0.6 is 0 Å². The molecule has 0 amide bonds. The van der Waals surface area contributed by atoms with Gasteiger partial charge in [-0.05, 0) is 60.2 Å². The highest BCUT2D eigenvalue weighted by molar-refractivity contribution is 6.74. The van der Waals surface area contributed by atoms with Crippen molar-refractivity contribution in [3.63, 3.8) is 0 Å². The second-order valence-corrected chi connectivity index (χ2v) is 24.4. The Morgan fingerprint density at radius 2 is 1.35 bits per heavy atom. The molecule has 0 saturated carbocycles. The van der Waals surface area contributed by atoms with Crippen molar-refractivity contribution < 1.29 is 13.6 Å². The summed E-state index contributed by atoms with van der Waals surface area (Å²) < 4.78 is 20.4. The molecule has 1 heterocycles. The molecule has 3 atom stereocenters. The zero-order valence-electron chi connectivity index (χ0n) is 27.1. The standard InChI is InChI=1S/C34H57NO3Si2/c1-33(2,3)39(7,8)37-27-30(22-24-36-26-29-19-15-12-16-20-29)32-31(38-40(9,10)34(4,5)6)21-23-35(32)25-28-17-13-11-14-18-28/h11-20,30-32H,21-27H2,1-10H3/t30-,31-,32+/m0/s1. The quantitative estimate of drug-likeness (QED) is 0.174. The van der Waals surface area contributed by atoms with Gasteiger partial charge in [0, 0.05) is 38.3 Å². The van der Waals surface area contributed by atoms with E-state index in [4.69, 9.17) is 13.6 Å². The summed E-state index contributed by atoms with van der Waals surface area (Å²) in [6, 6.07) is 21.7. The van der Waals surface area contributed by atoms with Crippen LogP contribution in [0.5, 0.6) is 0 Å². The highest BCUT2D eigenvalue weighted by Crippen LogP contribution is 2.42. The first-order valence-corrected chi connectivity index (χ1v) is 21.1. The molecule has 1 aliphatic heterocycles. The van der Waals surface area contributed by atoms with Crippen molar-refractivity contribution in [1.82, 2.24) is 4.90 Å². The fourth-order valence-electron chi connectivity index (χ4n) is 5.02. The van der Waals surface area contributed by atoms with Crippen LogP contribution in [-0.4, -0.2) is 53.4 Å². The zero-order chi connectivity index (χ0) is 29.6. The van der Waals surface area contributed by atoms with Gasteiger partial charge in [-0.1, -0.05) is 102 Å². The van der Waals surface area contributed by atoms with Crippen LogP contribution in [-0.2, 0) is 26.7 Å². The van der Waals surface area contributed by atoms with Crippen molar-refractivity contribution in [1.29, 1.82) is 0 Å². The Balaban J connectivity index is 1.86. The van der Waals surface area contributed by atoms with E-state index >= 15 is 0 Å². The van der Waals surface area contributed by atoms with Gasteiger partial charge in [0.2, 0.25) is 0 Å². The van der Waals surface area contributed by atoms with E-state index in [0.29, 0.717) is 18.6 Å². The SMILES string of the molecule is CC(C)(C)[Si](C)(C)OC[C@H](CCOCc1ccccc1)[C@@H]1[C@@H](O[Si](C)(C)C(C)(C)C)CCN1Cc1ccccc1. The summed E-state index contributed by atoms with van der Waals surface area (Å²) in [4.78, 5) is 2.68. The number of hydrogen-bond acceptors (Lipinski definition) is 4. The van der Waals surface area contributed by atoms with Crippen LogP contribution in [0.15, 0.2) is 60.7 Å². The number of likely N-dealkylation sites (tertiary alicyclic amines) is 1. The lowest BCUT2D eigenvalue weighted by molar-refractivity contribution is 0.0303. The molecule has 4 nitrogen and oxygen atoms in total. The Hall–Kier alpha value is -1.29. The van der Waals surface area contributed by atoms with Crippen LogP contribution in [0.3, 0.4) is 0 Å². The number of benzene rings is 2. The molecule has 1 saturated heterocycles. The Bertz CT molecular complexity index is 1010. The lowest BCUT2D eigenvalue weighted by Crippen LogP contribution is -2.51. The van der Waals surface area contributed by atoms with Crippen LogP contribution in [0.1, 0.15) is 65.5 Å². The van der Waals surface area contributed by atoms with Crippen molar-refractivity contribution in [2.24, 2.45) is 5.92 Å². The van der Waals surface area contributed by atoms with Crippen LogP contribution < -0.4 is 0 Å². The normalized spacial score (nSPS) is 20.1. The minimum atomic E-state index is -1.94. The van der Waals surface area contributed by atoms with Crippen molar-refractivity contribution in [2.75, 3.05) is 19.8 Å². The summed E-state index contributed by atoms with van der Waals surface area (Å²) in [6.45, 7) is 27.7. The first kappa shape index (κ1) is 33.2. The zero-order valence-corrected chi connectivity index (χ0v) is 29.1. The second-order valence-electron chi connectivity index (χ2n) is 14.8. The van der Waals surface area contributed by atoms with E-state index in [9.17, 15) is 0 Å². The summed E-state index contributed by atoms with van der Waals surface area (Å²) in [7, 11) is -3.85. The Morgan fingerprint density at radius 1 is 0.800 bits per heavy atom. The van der Waals surface area contributed by atoms with Crippen molar-refractivity contribution in [3.8, 4) is 0 Å². The largest absolute Gasteiger partial charge is 0.416 e. The summed E-state index contributed by atoms with van der Waals surface area (Å²) >= 11 is 0. The average Bonchev–Trinajstić information content (AvgIpc) is 3.24. The fraction of sp³-hybridized carbons (Fsp3) is 0.647. The minimum Gasteiger partial charge on any atom is -0.416 e. The predicted octanol–water partition coefficient (Wildman–Crippen LogP) is 8.90. The van der Waals surface area contributed by atoms with E-state index in [1.807, 2.05) is 0 Å². The Morgan fingerprint density at radius 3 is 1.90 bits per heavy atom. The highest BCUT2D eigenvalue weighted by atomic mass is 28.4. The molecule has 3 rings (SSSR count). The maximum absolute atomic E-state index is 7.21. The van der Waals surface area contributed by atoms with Gasteiger partial charge in [-0.3, -0.25) is 4.90 Å². The topological polar surface area (TPSA) is 30.9 Å². The fourth-order valence-corrected chi connectivity index (χ4v) is 7.45. The van der Waals surface area contributed by atoms with E-state index in [0.717, 1.165) is 39.1 Å². The summed E-state index contributed by atoms with van der Waals surface area (Å²) in [5, 5.41) is 0.355. The van der Waals surface area contributed by atoms with Crippen LogP contribution in [0.2, 0.25) is 36.3 Å². The van der Waals surface area contributed by atoms with Gasteiger partial charge in [0.05, 0.1) is 12.7 Å². The predicted molar refractivity (Wildman–Crippen MR) is 175 cm³/mol. The lowest BCUT2D eigenvalue weighted by Gasteiger charge is -2.43. The molecule has 1 fully saturated rings. The molecule has 0 radical (unpaired) electrons. The van der Waals surface area contributed by atoms with Gasteiger partial charge in [0.1, 0.15) is 0 Å². The van der Waals surface area contributed by atoms with Crippen LogP contribution in [0.25, 0.3) is 0 Å². The third-order valence-corrected chi connectivity index (χ3v) is 18.7. The molecular weight excluding hydrogens is 527 g/mol. The third kappa shape index (κ3) is 9.11. The number of nitrogens with zero attached hydrogens (tertiary/aromatic N) is 1. The summed E-state index contributed by atoms with van der Waals surface area (Å²) in [5.74, 6) is 0.339. The van der Waals surface area contributed by atoms with Gasteiger partial charge in [-0.25, -0.2) is 0 Å². The van der Waals surface area contributed by atoms with E-state index in [1.54, 1.807) is 0 Å². The van der Waals surface area contributed by atoms with Gasteiger partial charge in [-0.2, -0.15) is 0 Å².